The van der Waals surface area contributed by atoms with E-state index in [0.717, 1.165) is 11.0 Å². The maximum Gasteiger partial charge on any atom is 0.326 e. The van der Waals surface area contributed by atoms with Crippen LogP contribution in [-0.4, -0.2) is 24.0 Å². The standard InChI is InChI=1S/C19H17Cl3FNO3/c1-19(2,3)27-16(25)10-24(11-7-8-15(23)14(22)9-11)18(26)17-12(20)5-4-6-13(17)21/h4-9H,10H2,1-3H3. The Balaban J connectivity index is 2.47. The van der Waals surface area contributed by atoms with Crippen molar-refractivity contribution in [2.45, 2.75) is 26.4 Å². The van der Waals surface area contributed by atoms with Crippen molar-refractivity contribution in [1.29, 1.82) is 0 Å². The molecule has 2 aromatic rings. The molecule has 144 valence electrons. The average molecular weight is 433 g/mol. The first-order valence-corrected chi connectivity index (χ1v) is 9.06. The van der Waals surface area contributed by atoms with Crippen molar-refractivity contribution in [3.63, 3.8) is 0 Å². The zero-order valence-corrected chi connectivity index (χ0v) is 17.1. The summed E-state index contributed by atoms with van der Waals surface area (Å²) in [7, 11) is 0. The Morgan fingerprint density at radius 3 is 2.15 bits per heavy atom. The molecule has 0 atom stereocenters. The number of rotatable bonds is 4. The zero-order chi connectivity index (χ0) is 20.4. The number of hydrogen-bond acceptors (Lipinski definition) is 3. The summed E-state index contributed by atoms with van der Waals surface area (Å²) in [5.41, 5.74) is -0.521. The molecule has 0 aliphatic rings. The molecule has 0 saturated carbocycles. The summed E-state index contributed by atoms with van der Waals surface area (Å²) < 4.78 is 18.8. The Hall–Kier alpha value is -1.82. The first kappa shape index (κ1) is 21.5. The van der Waals surface area contributed by atoms with Gasteiger partial charge in [0.2, 0.25) is 0 Å². The van der Waals surface area contributed by atoms with Crippen LogP contribution in [0.3, 0.4) is 0 Å². The van der Waals surface area contributed by atoms with Gasteiger partial charge in [-0.3, -0.25) is 14.5 Å². The fourth-order valence-corrected chi connectivity index (χ4v) is 3.01. The second-order valence-corrected chi connectivity index (χ2v) is 7.89. The molecular weight excluding hydrogens is 416 g/mol. The minimum Gasteiger partial charge on any atom is -0.459 e. The maximum absolute atomic E-state index is 13.5. The first-order valence-electron chi connectivity index (χ1n) is 7.92. The lowest BCUT2D eigenvalue weighted by atomic mass is 10.1. The Bertz CT molecular complexity index is 861. The number of carbonyl (C=O) groups excluding carboxylic acids is 2. The van der Waals surface area contributed by atoms with Crippen molar-refractivity contribution in [3.8, 4) is 0 Å². The van der Waals surface area contributed by atoms with Crippen molar-refractivity contribution in [2.75, 3.05) is 11.4 Å². The number of nitrogens with zero attached hydrogens (tertiary/aromatic N) is 1. The van der Waals surface area contributed by atoms with Crippen molar-refractivity contribution in [1.82, 2.24) is 0 Å². The molecular formula is C19H17Cl3FNO3. The number of esters is 1. The van der Waals surface area contributed by atoms with Crippen LogP contribution in [0.5, 0.6) is 0 Å². The third-order valence-corrected chi connectivity index (χ3v) is 4.26. The molecule has 27 heavy (non-hydrogen) atoms. The highest BCUT2D eigenvalue weighted by atomic mass is 35.5. The smallest absolute Gasteiger partial charge is 0.326 e. The van der Waals surface area contributed by atoms with Gasteiger partial charge in [-0.2, -0.15) is 0 Å². The van der Waals surface area contributed by atoms with Crippen molar-refractivity contribution >= 4 is 52.4 Å². The third kappa shape index (κ3) is 5.58. The van der Waals surface area contributed by atoms with Crippen LogP contribution in [0.15, 0.2) is 36.4 Å². The van der Waals surface area contributed by atoms with Gasteiger partial charge in [-0.15, -0.1) is 0 Å². The van der Waals surface area contributed by atoms with E-state index in [1.54, 1.807) is 26.8 Å². The van der Waals surface area contributed by atoms with Crippen molar-refractivity contribution < 1.29 is 18.7 Å². The van der Waals surface area contributed by atoms with E-state index in [1.807, 2.05) is 0 Å². The van der Waals surface area contributed by atoms with Crippen LogP contribution >= 0.6 is 34.8 Å². The summed E-state index contributed by atoms with van der Waals surface area (Å²) >= 11 is 18.1. The molecule has 0 unspecified atom stereocenters. The van der Waals surface area contributed by atoms with Gasteiger partial charge in [-0.1, -0.05) is 40.9 Å². The fraction of sp³-hybridized carbons (Fsp3) is 0.263. The molecule has 2 aromatic carbocycles. The molecule has 0 heterocycles. The van der Waals surface area contributed by atoms with E-state index >= 15 is 0 Å². The van der Waals surface area contributed by atoms with E-state index in [-0.39, 0.29) is 26.3 Å². The van der Waals surface area contributed by atoms with Crippen LogP contribution in [-0.2, 0) is 9.53 Å². The second-order valence-electron chi connectivity index (χ2n) is 6.67. The summed E-state index contributed by atoms with van der Waals surface area (Å²) in [5, 5.41) is 0.0459. The maximum atomic E-state index is 13.5. The van der Waals surface area contributed by atoms with Crippen molar-refractivity contribution in [3.05, 3.63) is 62.8 Å². The highest BCUT2D eigenvalue weighted by Gasteiger charge is 2.27. The predicted molar refractivity (Wildman–Crippen MR) is 105 cm³/mol. The molecule has 0 aromatic heterocycles. The molecule has 0 N–H and O–H groups in total. The van der Waals surface area contributed by atoms with Gasteiger partial charge in [0.05, 0.1) is 20.6 Å². The van der Waals surface area contributed by atoms with Crippen LogP contribution in [0, 0.1) is 5.82 Å². The van der Waals surface area contributed by atoms with E-state index in [0.29, 0.717) is 0 Å². The lowest BCUT2D eigenvalue weighted by Crippen LogP contribution is -2.39. The highest BCUT2D eigenvalue weighted by Crippen LogP contribution is 2.29. The highest BCUT2D eigenvalue weighted by molar-refractivity contribution is 6.40. The molecule has 2 rings (SSSR count). The topological polar surface area (TPSA) is 46.6 Å². The van der Waals surface area contributed by atoms with Gasteiger partial charge >= 0.3 is 5.97 Å². The number of benzene rings is 2. The molecule has 0 saturated heterocycles. The third-order valence-electron chi connectivity index (χ3n) is 3.34. The number of amides is 1. The lowest BCUT2D eigenvalue weighted by Gasteiger charge is -2.26. The van der Waals surface area contributed by atoms with Crippen LogP contribution < -0.4 is 4.90 Å². The van der Waals surface area contributed by atoms with Crippen LogP contribution in [0.4, 0.5) is 10.1 Å². The molecule has 0 spiro atoms. The van der Waals surface area contributed by atoms with Gasteiger partial charge in [0.15, 0.2) is 0 Å². The summed E-state index contributed by atoms with van der Waals surface area (Å²) in [6, 6.07) is 8.27. The van der Waals surface area contributed by atoms with Gasteiger partial charge in [-0.25, -0.2) is 4.39 Å². The number of halogens is 4. The normalized spacial score (nSPS) is 11.2. The van der Waals surface area contributed by atoms with Gasteiger partial charge in [0.25, 0.3) is 5.91 Å². The summed E-state index contributed by atoms with van der Waals surface area (Å²) in [4.78, 5) is 26.5. The van der Waals surface area contributed by atoms with E-state index in [9.17, 15) is 14.0 Å². The van der Waals surface area contributed by atoms with Gasteiger partial charge in [0.1, 0.15) is 18.0 Å². The zero-order valence-electron chi connectivity index (χ0n) is 14.9. The second kappa shape index (κ2) is 8.46. The molecule has 0 aliphatic heterocycles. The molecule has 0 radical (unpaired) electrons. The van der Waals surface area contributed by atoms with Crippen molar-refractivity contribution in [2.24, 2.45) is 0 Å². The SMILES string of the molecule is CC(C)(C)OC(=O)CN(C(=O)c1c(Cl)cccc1Cl)c1ccc(F)c(Cl)c1. The van der Waals surface area contributed by atoms with E-state index < -0.39 is 29.8 Å². The summed E-state index contributed by atoms with van der Waals surface area (Å²) in [6.45, 7) is 4.68. The molecule has 0 bridgehead atoms. The Morgan fingerprint density at radius 2 is 1.63 bits per heavy atom. The predicted octanol–water partition coefficient (Wildman–Crippen LogP) is 5.77. The van der Waals surface area contributed by atoms with Gasteiger partial charge in [-0.05, 0) is 51.1 Å². The number of carbonyl (C=O) groups is 2. The van der Waals surface area contributed by atoms with Crippen LogP contribution in [0.2, 0.25) is 15.1 Å². The summed E-state index contributed by atoms with van der Waals surface area (Å²) in [5.74, 6) is -1.94. The lowest BCUT2D eigenvalue weighted by molar-refractivity contribution is -0.152. The first-order chi connectivity index (χ1) is 12.5. The van der Waals surface area contributed by atoms with Gasteiger partial charge < -0.3 is 4.74 Å². The number of hydrogen-bond donors (Lipinski definition) is 0. The minimum atomic E-state index is -0.742. The largest absolute Gasteiger partial charge is 0.459 e. The quantitative estimate of drug-likeness (QED) is 0.576. The van der Waals surface area contributed by atoms with Crippen LogP contribution in [0.1, 0.15) is 31.1 Å². The Labute approximate surface area is 171 Å². The minimum absolute atomic E-state index is 0.0184. The molecule has 8 heteroatoms. The Kier molecular flexibility index (Phi) is 6.73. The van der Waals surface area contributed by atoms with E-state index in [4.69, 9.17) is 39.5 Å². The molecule has 0 fully saturated rings. The molecule has 1 amide bonds. The summed E-state index contributed by atoms with van der Waals surface area (Å²) in [6.07, 6.45) is 0. The monoisotopic (exact) mass is 431 g/mol. The van der Waals surface area contributed by atoms with Gasteiger partial charge in [0, 0.05) is 5.69 Å². The average Bonchev–Trinajstić information content (AvgIpc) is 2.53. The fourth-order valence-electron chi connectivity index (χ4n) is 2.27. The number of anilines is 1. The number of ether oxygens (including phenoxy) is 1. The molecule has 0 aliphatic carbocycles. The molecule has 4 nitrogen and oxygen atoms in total. The van der Waals surface area contributed by atoms with E-state index in [1.165, 1.54) is 24.3 Å². The Morgan fingerprint density at radius 1 is 1.04 bits per heavy atom. The van der Waals surface area contributed by atoms with Crippen LogP contribution in [0.25, 0.3) is 0 Å². The van der Waals surface area contributed by atoms with E-state index in [2.05, 4.69) is 0 Å².